The quantitative estimate of drug-likeness (QED) is 0.750. The average Bonchev–Trinajstić information content (AvgIpc) is 2.49. The van der Waals surface area contributed by atoms with E-state index in [2.05, 4.69) is 5.10 Å². The third kappa shape index (κ3) is 1.98. The molecule has 2 aromatic rings. The molecule has 0 amide bonds. The van der Waals surface area contributed by atoms with Crippen LogP contribution in [0.25, 0.3) is 5.69 Å². The minimum Gasteiger partial charge on any atom is -0.238 e. The molecule has 15 heavy (non-hydrogen) atoms. The fourth-order valence-corrected chi connectivity index (χ4v) is 1.93. The summed E-state index contributed by atoms with van der Waals surface area (Å²) in [6.07, 6.45) is 1.72. The van der Waals surface area contributed by atoms with Gasteiger partial charge in [-0.05, 0) is 25.1 Å². The van der Waals surface area contributed by atoms with Gasteiger partial charge in [0.15, 0.2) is 0 Å². The first kappa shape index (κ1) is 10.5. The summed E-state index contributed by atoms with van der Waals surface area (Å²) in [5.41, 5.74) is 1.33. The molecule has 1 aromatic heterocycles. The second kappa shape index (κ2) is 3.83. The van der Waals surface area contributed by atoms with Crippen molar-refractivity contribution in [2.75, 3.05) is 0 Å². The van der Waals surface area contributed by atoms with Crippen molar-refractivity contribution in [1.82, 2.24) is 9.78 Å². The molecule has 1 heterocycles. The fraction of sp³-hybridized carbons (Fsp3) is 0.100. The number of hydrogen-bond donors (Lipinski definition) is 0. The normalized spacial score (nSPS) is 10.7. The molecule has 2 nitrogen and oxygen atoms in total. The average molecular weight is 245 g/mol. The van der Waals surface area contributed by atoms with E-state index in [4.69, 9.17) is 23.2 Å². The van der Waals surface area contributed by atoms with Crippen LogP contribution in [0.3, 0.4) is 0 Å². The smallest absolute Gasteiger partial charge is 0.126 e. The lowest BCUT2D eigenvalue weighted by atomic mass is 10.3. The highest BCUT2D eigenvalue weighted by Gasteiger charge is 2.10. The molecule has 78 valence electrons. The van der Waals surface area contributed by atoms with Crippen LogP contribution < -0.4 is 0 Å². The minimum atomic E-state index is -0.461. The summed E-state index contributed by atoms with van der Waals surface area (Å²) >= 11 is 11.8. The van der Waals surface area contributed by atoms with Crippen LogP contribution in [0.2, 0.25) is 10.0 Å². The lowest BCUT2D eigenvalue weighted by Crippen LogP contribution is -1.98. The Hall–Kier alpha value is -1.06. The molecule has 0 spiro atoms. The molecular weight excluding hydrogens is 238 g/mol. The summed E-state index contributed by atoms with van der Waals surface area (Å²) in [6, 6.07) is 4.23. The second-order valence-corrected chi connectivity index (χ2v) is 3.93. The SMILES string of the molecule is Cc1ccn(-c2c(Cl)cc(F)cc2Cl)n1. The van der Waals surface area contributed by atoms with Crippen LogP contribution in [0.5, 0.6) is 0 Å². The molecule has 5 heteroatoms. The van der Waals surface area contributed by atoms with Gasteiger partial charge in [-0.25, -0.2) is 9.07 Å². The van der Waals surface area contributed by atoms with Gasteiger partial charge in [-0.2, -0.15) is 5.10 Å². The summed E-state index contributed by atoms with van der Waals surface area (Å²) in [4.78, 5) is 0. The van der Waals surface area contributed by atoms with E-state index in [9.17, 15) is 4.39 Å². The number of aryl methyl sites for hydroxylation is 1. The Balaban J connectivity index is 2.62. The Morgan fingerprint density at radius 3 is 2.33 bits per heavy atom. The van der Waals surface area contributed by atoms with Gasteiger partial charge in [0.05, 0.1) is 15.7 Å². The molecule has 0 aliphatic carbocycles. The lowest BCUT2D eigenvalue weighted by Gasteiger charge is -2.06. The van der Waals surface area contributed by atoms with Gasteiger partial charge >= 0.3 is 0 Å². The van der Waals surface area contributed by atoms with Crippen LogP contribution in [0.1, 0.15) is 5.69 Å². The molecule has 0 unspecified atom stereocenters. The predicted molar refractivity (Wildman–Crippen MR) is 58.3 cm³/mol. The van der Waals surface area contributed by atoms with Crippen molar-refractivity contribution in [3.63, 3.8) is 0 Å². The van der Waals surface area contributed by atoms with E-state index >= 15 is 0 Å². The maximum Gasteiger partial charge on any atom is 0.126 e. The van der Waals surface area contributed by atoms with Crippen molar-refractivity contribution in [2.24, 2.45) is 0 Å². The van der Waals surface area contributed by atoms with E-state index in [1.165, 1.54) is 16.8 Å². The Labute approximate surface area is 96.2 Å². The van der Waals surface area contributed by atoms with Crippen molar-refractivity contribution in [2.45, 2.75) is 6.92 Å². The number of benzene rings is 1. The number of halogens is 3. The zero-order valence-electron chi connectivity index (χ0n) is 7.84. The zero-order valence-corrected chi connectivity index (χ0v) is 9.35. The van der Waals surface area contributed by atoms with Gasteiger partial charge in [0.1, 0.15) is 11.5 Å². The van der Waals surface area contributed by atoms with Crippen molar-refractivity contribution in [1.29, 1.82) is 0 Å². The molecular formula is C10H7Cl2FN2. The Kier molecular flexibility index (Phi) is 2.67. The van der Waals surface area contributed by atoms with Crippen molar-refractivity contribution in [3.05, 3.63) is 46.0 Å². The number of aromatic nitrogens is 2. The first-order valence-corrected chi connectivity index (χ1v) is 5.00. The van der Waals surface area contributed by atoms with E-state index in [0.29, 0.717) is 5.69 Å². The molecule has 0 saturated carbocycles. The molecule has 1 aromatic carbocycles. The number of rotatable bonds is 1. The van der Waals surface area contributed by atoms with Gasteiger partial charge in [-0.3, -0.25) is 0 Å². The number of hydrogen-bond acceptors (Lipinski definition) is 1. The Bertz CT molecular complexity index is 485. The van der Waals surface area contributed by atoms with Crippen LogP contribution in [0.4, 0.5) is 4.39 Å². The van der Waals surface area contributed by atoms with Gasteiger partial charge in [0, 0.05) is 6.20 Å². The third-order valence-corrected chi connectivity index (χ3v) is 2.51. The van der Waals surface area contributed by atoms with Gasteiger partial charge in [-0.15, -0.1) is 0 Å². The van der Waals surface area contributed by atoms with E-state index in [1.807, 2.05) is 13.0 Å². The van der Waals surface area contributed by atoms with E-state index < -0.39 is 5.82 Å². The first-order valence-electron chi connectivity index (χ1n) is 4.25. The van der Waals surface area contributed by atoms with Crippen LogP contribution in [0.15, 0.2) is 24.4 Å². The van der Waals surface area contributed by atoms with Crippen LogP contribution in [-0.4, -0.2) is 9.78 Å². The predicted octanol–water partition coefficient (Wildman–Crippen LogP) is 3.63. The monoisotopic (exact) mass is 244 g/mol. The molecule has 0 saturated heterocycles. The minimum absolute atomic E-state index is 0.239. The molecule has 0 bridgehead atoms. The third-order valence-electron chi connectivity index (χ3n) is 1.93. The van der Waals surface area contributed by atoms with E-state index in [-0.39, 0.29) is 10.0 Å². The van der Waals surface area contributed by atoms with E-state index in [0.717, 1.165) is 5.69 Å². The van der Waals surface area contributed by atoms with Crippen LogP contribution in [0, 0.1) is 12.7 Å². The fourth-order valence-electron chi connectivity index (χ4n) is 1.29. The van der Waals surface area contributed by atoms with Crippen molar-refractivity contribution >= 4 is 23.2 Å². The highest BCUT2D eigenvalue weighted by atomic mass is 35.5. The summed E-state index contributed by atoms with van der Waals surface area (Å²) in [7, 11) is 0. The maximum atomic E-state index is 12.9. The second-order valence-electron chi connectivity index (χ2n) is 3.12. The molecule has 0 N–H and O–H groups in total. The standard InChI is InChI=1S/C10H7Cl2FN2/c1-6-2-3-15(14-6)10-8(11)4-7(13)5-9(10)12/h2-5H,1H3. The molecule has 0 aliphatic heterocycles. The van der Waals surface area contributed by atoms with Crippen molar-refractivity contribution < 1.29 is 4.39 Å². The van der Waals surface area contributed by atoms with Crippen molar-refractivity contribution in [3.8, 4) is 5.69 Å². The Morgan fingerprint density at radius 1 is 1.27 bits per heavy atom. The van der Waals surface area contributed by atoms with Gasteiger partial charge in [0.2, 0.25) is 0 Å². The molecule has 0 fully saturated rings. The summed E-state index contributed by atoms with van der Waals surface area (Å²) in [6.45, 7) is 1.85. The van der Waals surface area contributed by atoms with Crippen LogP contribution in [-0.2, 0) is 0 Å². The molecule has 0 atom stereocenters. The zero-order chi connectivity index (χ0) is 11.0. The highest BCUT2D eigenvalue weighted by Crippen LogP contribution is 2.29. The molecule has 0 aliphatic rings. The largest absolute Gasteiger partial charge is 0.238 e. The number of nitrogens with zero attached hydrogens (tertiary/aromatic N) is 2. The molecule has 0 radical (unpaired) electrons. The van der Waals surface area contributed by atoms with Gasteiger partial charge in [0.25, 0.3) is 0 Å². The maximum absolute atomic E-state index is 12.9. The van der Waals surface area contributed by atoms with Gasteiger partial charge < -0.3 is 0 Å². The van der Waals surface area contributed by atoms with Gasteiger partial charge in [-0.1, -0.05) is 23.2 Å². The lowest BCUT2D eigenvalue weighted by molar-refractivity contribution is 0.627. The Morgan fingerprint density at radius 2 is 1.87 bits per heavy atom. The molecule has 2 rings (SSSR count). The summed E-state index contributed by atoms with van der Waals surface area (Å²) in [5.74, 6) is -0.461. The summed E-state index contributed by atoms with van der Waals surface area (Å²) in [5, 5.41) is 4.64. The summed E-state index contributed by atoms with van der Waals surface area (Å²) < 4.78 is 14.5. The topological polar surface area (TPSA) is 17.8 Å². The highest BCUT2D eigenvalue weighted by molar-refractivity contribution is 6.37. The van der Waals surface area contributed by atoms with E-state index in [1.54, 1.807) is 6.20 Å². The first-order chi connectivity index (χ1) is 7.08. The van der Waals surface area contributed by atoms with Crippen LogP contribution >= 0.6 is 23.2 Å².